The summed E-state index contributed by atoms with van der Waals surface area (Å²) in [5.74, 6) is 0.494. The van der Waals surface area contributed by atoms with Crippen LogP contribution < -0.4 is 0 Å². The number of carbonyl (C=O) groups is 1. The van der Waals surface area contributed by atoms with Crippen molar-refractivity contribution in [2.45, 2.75) is 12.4 Å². The second kappa shape index (κ2) is 4.94. The zero-order valence-electron chi connectivity index (χ0n) is 9.11. The first-order chi connectivity index (χ1) is 8.15. The summed E-state index contributed by atoms with van der Waals surface area (Å²) in [7, 11) is 1.34. The molecule has 1 aromatic carbocycles. The molecular formula is C11H10Cl2N2O2. The maximum Gasteiger partial charge on any atom is 0.325 e. The third-order valence-electron chi connectivity index (χ3n) is 2.42. The van der Waals surface area contributed by atoms with Crippen molar-refractivity contribution in [1.29, 1.82) is 0 Å². The highest BCUT2D eigenvalue weighted by molar-refractivity contribution is 6.31. The van der Waals surface area contributed by atoms with Gasteiger partial charge in [0.05, 0.1) is 24.0 Å². The second-order valence-electron chi connectivity index (χ2n) is 3.46. The molecule has 2 aromatic rings. The number of hydrogen-bond donors (Lipinski definition) is 0. The first-order valence-electron chi connectivity index (χ1n) is 4.93. The molecule has 0 saturated heterocycles. The first kappa shape index (κ1) is 12.2. The van der Waals surface area contributed by atoms with Crippen molar-refractivity contribution in [3.05, 3.63) is 29.0 Å². The highest BCUT2D eigenvalue weighted by Crippen LogP contribution is 2.21. The van der Waals surface area contributed by atoms with Crippen molar-refractivity contribution < 1.29 is 9.53 Å². The highest BCUT2D eigenvalue weighted by Gasteiger charge is 2.13. The number of nitrogens with zero attached hydrogens (tertiary/aromatic N) is 2. The average Bonchev–Trinajstić information content (AvgIpc) is 2.67. The molecule has 4 nitrogen and oxygen atoms in total. The lowest BCUT2D eigenvalue weighted by Crippen LogP contribution is -2.13. The van der Waals surface area contributed by atoms with Gasteiger partial charge in [0.25, 0.3) is 0 Å². The second-order valence-corrected chi connectivity index (χ2v) is 4.16. The Morgan fingerprint density at radius 1 is 1.53 bits per heavy atom. The van der Waals surface area contributed by atoms with Crippen LogP contribution in [-0.4, -0.2) is 22.6 Å². The number of carbonyl (C=O) groups excluding carboxylic acids is 1. The normalized spacial score (nSPS) is 10.8. The maximum atomic E-state index is 11.3. The van der Waals surface area contributed by atoms with Gasteiger partial charge in [-0.2, -0.15) is 0 Å². The molecule has 1 aromatic heterocycles. The summed E-state index contributed by atoms with van der Waals surface area (Å²) < 4.78 is 6.35. The fourth-order valence-electron chi connectivity index (χ4n) is 1.62. The van der Waals surface area contributed by atoms with Gasteiger partial charge in [0.1, 0.15) is 12.4 Å². The fourth-order valence-corrected chi connectivity index (χ4v) is 1.99. The van der Waals surface area contributed by atoms with E-state index in [-0.39, 0.29) is 18.4 Å². The third-order valence-corrected chi connectivity index (χ3v) is 2.90. The van der Waals surface area contributed by atoms with Crippen LogP contribution in [0.5, 0.6) is 0 Å². The van der Waals surface area contributed by atoms with E-state index in [0.717, 1.165) is 11.0 Å². The summed E-state index contributed by atoms with van der Waals surface area (Å²) in [6.45, 7) is 0.0788. The third kappa shape index (κ3) is 2.37. The topological polar surface area (TPSA) is 44.1 Å². The molecule has 0 fully saturated rings. The molecule has 0 unspecified atom stereocenters. The zero-order chi connectivity index (χ0) is 12.4. The van der Waals surface area contributed by atoms with Crippen LogP contribution in [0.4, 0.5) is 0 Å². The Morgan fingerprint density at radius 2 is 2.29 bits per heavy atom. The van der Waals surface area contributed by atoms with Crippen LogP contribution in [-0.2, 0) is 22.0 Å². The van der Waals surface area contributed by atoms with Crippen LogP contribution in [0.3, 0.4) is 0 Å². The number of ether oxygens (including phenoxy) is 1. The van der Waals surface area contributed by atoms with Gasteiger partial charge in [-0.3, -0.25) is 4.79 Å². The van der Waals surface area contributed by atoms with Crippen molar-refractivity contribution in [1.82, 2.24) is 9.55 Å². The number of methoxy groups -OCH3 is 1. The number of imidazole rings is 1. The van der Waals surface area contributed by atoms with Gasteiger partial charge in [-0.15, -0.1) is 11.6 Å². The van der Waals surface area contributed by atoms with Crippen molar-refractivity contribution in [3.63, 3.8) is 0 Å². The molecule has 90 valence electrons. The van der Waals surface area contributed by atoms with E-state index >= 15 is 0 Å². The van der Waals surface area contributed by atoms with Gasteiger partial charge in [0.2, 0.25) is 0 Å². The molecule has 0 spiro atoms. The predicted octanol–water partition coefficient (Wildman–Crippen LogP) is 2.60. The lowest BCUT2D eigenvalue weighted by Gasteiger charge is -2.05. The Balaban J connectivity index is 2.56. The molecule has 0 aliphatic carbocycles. The van der Waals surface area contributed by atoms with Gasteiger partial charge < -0.3 is 9.30 Å². The van der Waals surface area contributed by atoms with E-state index in [1.807, 2.05) is 0 Å². The number of rotatable bonds is 3. The molecule has 6 heteroatoms. The standard InChI is InChI=1S/C11H10Cl2N2O2/c1-17-11(16)6-15-9-4-7(13)2-3-8(9)14-10(15)5-12/h2-4H,5-6H2,1H3. The number of alkyl halides is 1. The smallest absolute Gasteiger partial charge is 0.325 e. The summed E-state index contributed by atoms with van der Waals surface area (Å²) in [5.41, 5.74) is 1.53. The molecule has 0 amide bonds. The van der Waals surface area contributed by atoms with Gasteiger partial charge in [0, 0.05) is 5.02 Å². The number of esters is 1. The van der Waals surface area contributed by atoms with Crippen molar-refractivity contribution in [3.8, 4) is 0 Å². The number of fused-ring (bicyclic) bond motifs is 1. The van der Waals surface area contributed by atoms with Gasteiger partial charge >= 0.3 is 5.97 Å². The van der Waals surface area contributed by atoms with Crippen LogP contribution >= 0.6 is 23.2 Å². The summed E-state index contributed by atoms with van der Waals surface area (Å²) in [5, 5.41) is 0.588. The zero-order valence-corrected chi connectivity index (χ0v) is 10.6. The molecule has 1 heterocycles. The molecule has 0 radical (unpaired) electrons. The van der Waals surface area contributed by atoms with Gasteiger partial charge in [-0.25, -0.2) is 4.98 Å². The molecule has 0 saturated carbocycles. The van der Waals surface area contributed by atoms with Gasteiger partial charge in [-0.05, 0) is 18.2 Å². The molecule has 0 bridgehead atoms. The summed E-state index contributed by atoms with van der Waals surface area (Å²) in [6.07, 6.45) is 0. The number of benzene rings is 1. The minimum absolute atomic E-state index is 0.0788. The molecular weight excluding hydrogens is 263 g/mol. The molecule has 0 aliphatic heterocycles. The Kier molecular flexibility index (Phi) is 3.54. The van der Waals surface area contributed by atoms with E-state index < -0.39 is 0 Å². The minimum Gasteiger partial charge on any atom is -0.468 e. The minimum atomic E-state index is -0.351. The summed E-state index contributed by atoms with van der Waals surface area (Å²) in [4.78, 5) is 15.7. The maximum absolute atomic E-state index is 11.3. The largest absolute Gasteiger partial charge is 0.468 e. The lowest BCUT2D eigenvalue weighted by molar-refractivity contribution is -0.141. The quantitative estimate of drug-likeness (QED) is 0.637. The van der Waals surface area contributed by atoms with Crippen LogP contribution in [0.15, 0.2) is 18.2 Å². The SMILES string of the molecule is COC(=O)Cn1c(CCl)nc2ccc(Cl)cc21. The monoisotopic (exact) mass is 272 g/mol. The highest BCUT2D eigenvalue weighted by atomic mass is 35.5. The predicted molar refractivity (Wildman–Crippen MR) is 66.3 cm³/mol. The van der Waals surface area contributed by atoms with Gasteiger partial charge in [0.15, 0.2) is 0 Å². The Labute approximate surface area is 108 Å². The van der Waals surface area contributed by atoms with Crippen LogP contribution in [0.2, 0.25) is 5.02 Å². The molecule has 2 rings (SSSR count). The molecule has 0 atom stereocenters. The number of hydrogen-bond acceptors (Lipinski definition) is 3. The van der Waals surface area contributed by atoms with Crippen molar-refractivity contribution in [2.75, 3.05) is 7.11 Å². The van der Waals surface area contributed by atoms with E-state index in [1.54, 1.807) is 22.8 Å². The summed E-state index contributed by atoms with van der Waals surface area (Å²) >= 11 is 11.7. The Hall–Kier alpha value is -1.26. The van der Waals surface area contributed by atoms with Crippen LogP contribution in [0.1, 0.15) is 5.82 Å². The van der Waals surface area contributed by atoms with E-state index in [4.69, 9.17) is 23.2 Å². The molecule has 17 heavy (non-hydrogen) atoms. The van der Waals surface area contributed by atoms with E-state index in [2.05, 4.69) is 9.72 Å². The molecule has 0 aliphatic rings. The average molecular weight is 273 g/mol. The number of aromatic nitrogens is 2. The molecule has 0 N–H and O–H groups in total. The van der Waals surface area contributed by atoms with E-state index in [0.29, 0.717) is 10.8 Å². The van der Waals surface area contributed by atoms with Gasteiger partial charge in [-0.1, -0.05) is 11.6 Å². The van der Waals surface area contributed by atoms with Crippen molar-refractivity contribution >= 4 is 40.2 Å². The Morgan fingerprint density at radius 3 is 2.94 bits per heavy atom. The van der Waals surface area contributed by atoms with Crippen LogP contribution in [0, 0.1) is 0 Å². The first-order valence-corrected chi connectivity index (χ1v) is 5.84. The fraction of sp³-hybridized carbons (Fsp3) is 0.273. The summed E-state index contributed by atoms with van der Waals surface area (Å²) in [6, 6.07) is 5.29. The van der Waals surface area contributed by atoms with E-state index in [9.17, 15) is 4.79 Å². The van der Waals surface area contributed by atoms with Crippen LogP contribution in [0.25, 0.3) is 11.0 Å². The number of halogens is 2. The lowest BCUT2D eigenvalue weighted by atomic mass is 10.3. The van der Waals surface area contributed by atoms with E-state index in [1.165, 1.54) is 7.11 Å². The van der Waals surface area contributed by atoms with Crippen molar-refractivity contribution in [2.24, 2.45) is 0 Å². The Bertz CT molecular complexity index is 566.